The molecule has 1 atom stereocenters. The van der Waals surface area contributed by atoms with Crippen LogP contribution in [0.3, 0.4) is 0 Å². The van der Waals surface area contributed by atoms with E-state index in [2.05, 4.69) is 15.5 Å². The lowest BCUT2D eigenvalue weighted by atomic mass is 10.0. The molecule has 0 aliphatic rings. The van der Waals surface area contributed by atoms with Crippen molar-refractivity contribution >= 4 is 11.9 Å². The number of carbonyl (C=O) groups is 2. The molecule has 0 saturated heterocycles. The van der Waals surface area contributed by atoms with E-state index < -0.39 is 17.9 Å². The fraction of sp³-hybridized carbons (Fsp3) is 0.375. The first kappa shape index (κ1) is 17.5. The van der Waals surface area contributed by atoms with Crippen LogP contribution < -0.4 is 10.1 Å². The smallest absolute Gasteiger partial charge is 0.326 e. The van der Waals surface area contributed by atoms with E-state index in [0.717, 1.165) is 0 Å². The van der Waals surface area contributed by atoms with Crippen molar-refractivity contribution in [3.8, 4) is 17.2 Å². The molecular weight excluding hydrogens is 314 g/mol. The molecule has 0 spiro atoms. The van der Waals surface area contributed by atoms with Crippen LogP contribution in [0.5, 0.6) is 5.75 Å². The van der Waals surface area contributed by atoms with Crippen molar-refractivity contribution in [3.05, 3.63) is 30.1 Å². The van der Waals surface area contributed by atoms with Crippen molar-refractivity contribution in [2.45, 2.75) is 26.3 Å². The van der Waals surface area contributed by atoms with Gasteiger partial charge in [0.05, 0.1) is 7.11 Å². The summed E-state index contributed by atoms with van der Waals surface area (Å²) in [6, 6.07) is 5.93. The summed E-state index contributed by atoms with van der Waals surface area (Å²) in [4.78, 5) is 27.3. The van der Waals surface area contributed by atoms with E-state index in [0.29, 0.717) is 17.7 Å². The predicted octanol–water partition coefficient (Wildman–Crippen LogP) is 1.97. The molecule has 24 heavy (non-hydrogen) atoms. The zero-order valence-corrected chi connectivity index (χ0v) is 13.6. The maximum atomic E-state index is 12.1. The van der Waals surface area contributed by atoms with Crippen molar-refractivity contribution in [1.29, 1.82) is 0 Å². The largest absolute Gasteiger partial charge is 0.497 e. The van der Waals surface area contributed by atoms with Gasteiger partial charge in [0, 0.05) is 5.56 Å². The number of hydrogen-bond donors (Lipinski definition) is 2. The number of hydrogen-bond acceptors (Lipinski definition) is 6. The van der Waals surface area contributed by atoms with Crippen LogP contribution in [-0.2, 0) is 4.79 Å². The summed E-state index contributed by atoms with van der Waals surface area (Å²) in [6.07, 6.45) is 0.307. The molecule has 1 heterocycles. The van der Waals surface area contributed by atoms with Crippen LogP contribution in [-0.4, -0.2) is 40.3 Å². The SMILES string of the molecule is COc1cccc(-c2nc(C(=O)N[C@@H](CC(C)C)C(=O)O)no2)c1. The normalized spacial score (nSPS) is 12.0. The Kier molecular flexibility index (Phi) is 5.51. The molecule has 0 fully saturated rings. The number of carbonyl (C=O) groups excluding carboxylic acids is 1. The van der Waals surface area contributed by atoms with Gasteiger partial charge in [-0.2, -0.15) is 4.98 Å². The lowest BCUT2D eigenvalue weighted by Gasteiger charge is -2.15. The average molecular weight is 333 g/mol. The second-order valence-electron chi connectivity index (χ2n) is 5.65. The minimum atomic E-state index is -1.10. The van der Waals surface area contributed by atoms with Crippen LogP contribution in [0, 0.1) is 5.92 Å². The molecule has 8 nitrogen and oxygen atoms in total. The molecular formula is C16H19N3O5. The predicted molar refractivity (Wildman–Crippen MR) is 84.6 cm³/mol. The van der Waals surface area contributed by atoms with Crippen molar-refractivity contribution in [2.75, 3.05) is 7.11 Å². The lowest BCUT2D eigenvalue weighted by molar-refractivity contribution is -0.139. The van der Waals surface area contributed by atoms with E-state index in [-0.39, 0.29) is 17.6 Å². The second kappa shape index (κ2) is 7.58. The maximum absolute atomic E-state index is 12.1. The number of aliphatic carboxylic acids is 1. The minimum absolute atomic E-state index is 0.115. The number of nitrogens with one attached hydrogen (secondary N) is 1. The summed E-state index contributed by atoms with van der Waals surface area (Å²) >= 11 is 0. The fourth-order valence-corrected chi connectivity index (χ4v) is 2.10. The van der Waals surface area contributed by atoms with Crippen LogP contribution in [0.2, 0.25) is 0 Å². The molecule has 2 N–H and O–H groups in total. The minimum Gasteiger partial charge on any atom is -0.497 e. The first-order valence-electron chi connectivity index (χ1n) is 7.42. The first-order valence-corrected chi connectivity index (χ1v) is 7.42. The highest BCUT2D eigenvalue weighted by molar-refractivity contribution is 5.93. The number of rotatable bonds is 7. The number of carboxylic acids is 1. The summed E-state index contributed by atoms with van der Waals surface area (Å²) in [5.41, 5.74) is 0.595. The topological polar surface area (TPSA) is 115 Å². The van der Waals surface area contributed by atoms with Gasteiger partial charge in [-0.3, -0.25) is 4.79 Å². The van der Waals surface area contributed by atoms with Gasteiger partial charge in [-0.25, -0.2) is 4.79 Å². The second-order valence-corrected chi connectivity index (χ2v) is 5.65. The van der Waals surface area contributed by atoms with E-state index in [1.54, 1.807) is 24.3 Å². The number of methoxy groups -OCH3 is 1. The number of aromatic nitrogens is 2. The number of carboxylic acid groups (broad SMARTS) is 1. The average Bonchev–Trinajstić information content (AvgIpc) is 3.04. The summed E-state index contributed by atoms with van der Waals surface area (Å²) < 4.78 is 10.2. The highest BCUT2D eigenvalue weighted by Crippen LogP contribution is 2.22. The summed E-state index contributed by atoms with van der Waals surface area (Å²) in [5.74, 6) is -1.14. The van der Waals surface area contributed by atoms with Gasteiger partial charge in [0.25, 0.3) is 17.6 Å². The van der Waals surface area contributed by atoms with Gasteiger partial charge in [0.1, 0.15) is 11.8 Å². The molecule has 2 aromatic rings. The Labute approximate surface area is 138 Å². The number of nitrogens with zero attached hydrogens (tertiary/aromatic N) is 2. The monoisotopic (exact) mass is 333 g/mol. The van der Waals surface area contributed by atoms with Crippen molar-refractivity contribution < 1.29 is 24.0 Å². The van der Waals surface area contributed by atoms with Gasteiger partial charge in [0.2, 0.25) is 0 Å². The van der Waals surface area contributed by atoms with Crippen molar-refractivity contribution in [2.24, 2.45) is 5.92 Å². The number of benzene rings is 1. The van der Waals surface area contributed by atoms with Crippen LogP contribution >= 0.6 is 0 Å². The van der Waals surface area contributed by atoms with Gasteiger partial charge < -0.3 is 19.7 Å². The molecule has 0 aliphatic carbocycles. The van der Waals surface area contributed by atoms with Gasteiger partial charge in [-0.05, 0) is 30.5 Å². The molecule has 1 aromatic carbocycles. The van der Waals surface area contributed by atoms with E-state index in [9.17, 15) is 9.59 Å². The zero-order chi connectivity index (χ0) is 17.7. The molecule has 2 rings (SSSR count). The third kappa shape index (κ3) is 4.31. The Hall–Kier alpha value is -2.90. The fourth-order valence-electron chi connectivity index (χ4n) is 2.10. The molecule has 0 aliphatic heterocycles. The standard InChI is InChI=1S/C16H19N3O5/c1-9(2)7-12(16(21)22)17-14(20)13-18-15(24-19-13)10-5-4-6-11(8-10)23-3/h4-6,8-9,12H,7H2,1-3H3,(H,17,20)(H,21,22)/t12-/m0/s1. The maximum Gasteiger partial charge on any atom is 0.326 e. The molecule has 0 bridgehead atoms. The molecule has 128 valence electrons. The Bertz CT molecular complexity index is 726. The Morgan fingerprint density at radius 3 is 2.75 bits per heavy atom. The molecule has 0 unspecified atom stereocenters. The zero-order valence-electron chi connectivity index (χ0n) is 13.6. The highest BCUT2D eigenvalue weighted by atomic mass is 16.5. The van der Waals surface area contributed by atoms with Crippen LogP contribution in [0.4, 0.5) is 0 Å². The molecule has 0 radical (unpaired) electrons. The molecule has 1 amide bonds. The lowest BCUT2D eigenvalue weighted by Crippen LogP contribution is -2.42. The van der Waals surface area contributed by atoms with E-state index >= 15 is 0 Å². The number of amides is 1. The van der Waals surface area contributed by atoms with Crippen molar-refractivity contribution in [3.63, 3.8) is 0 Å². The molecule has 0 saturated carbocycles. The summed E-state index contributed by atoms with van der Waals surface area (Å²) in [6.45, 7) is 3.74. The van der Waals surface area contributed by atoms with Crippen molar-refractivity contribution in [1.82, 2.24) is 15.5 Å². The summed E-state index contributed by atoms with van der Waals surface area (Å²) in [5, 5.41) is 15.2. The summed E-state index contributed by atoms with van der Waals surface area (Å²) in [7, 11) is 1.53. The Morgan fingerprint density at radius 1 is 1.38 bits per heavy atom. The van der Waals surface area contributed by atoms with E-state index in [1.807, 2.05) is 13.8 Å². The first-order chi connectivity index (χ1) is 11.4. The van der Waals surface area contributed by atoms with Gasteiger partial charge in [-0.1, -0.05) is 25.1 Å². The third-order valence-electron chi connectivity index (χ3n) is 3.26. The van der Waals surface area contributed by atoms with Crippen LogP contribution in [0.1, 0.15) is 30.9 Å². The van der Waals surface area contributed by atoms with E-state index in [4.69, 9.17) is 14.4 Å². The third-order valence-corrected chi connectivity index (χ3v) is 3.26. The van der Waals surface area contributed by atoms with Gasteiger partial charge in [0.15, 0.2) is 0 Å². The van der Waals surface area contributed by atoms with E-state index in [1.165, 1.54) is 7.11 Å². The molecule has 8 heteroatoms. The number of ether oxygens (including phenoxy) is 1. The molecule has 1 aromatic heterocycles. The van der Waals surface area contributed by atoms with Gasteiger partial charge >= 0.3 is 5.97 Å². The highest BCUT2D eigenvalue weighted by Gasteiger charge is 2.24. The Morgan fingerprint density at radius 2 is 2.12 bits per heavy atom. The Balaban J connectivity index is 2.14. The van der Waals surface area contributed by atoms with Crippen LogP contribution in [0.25, 0.3) is 11.5 Å². The van der Waals surface area contributed by atoms with Crippen LogP contribution in [0.15, 0.2) is 28.8 Å². The quantitative estimate of drug-likeness (QED) is 0.796. The van der Waals surface area contributed by atoms with Gasteiger partial charge in [-0.15, -0.1) is 0 Å².